The van der Waals surface area contributed by atoms with Crippen LogP contribution in [0, 0.1) is 0 Å². The Balaban J connectivity index is 2.17. The second-order valence-corrected chi connectivity index (χ2v) is 3.04. The SMILES string of the molecule is COCCCC(=O)NOc1ccccc1. The van der Waals surface area contributed by atoms with Gasteiger partial charge in [0.15, 0.2) is 5.75 Å². The lowest BCUT2D eigenvalue weighted by Gasteiger charge is -2.06. The van der Waals surface area contributed by atoms with Crippen LogP contribution in [0.3, 0.4) is 0 Å². The van der Waals surface area contributed by atoms with Crippen LogP contribution >= 0.6 is 0 Å². The Morgan fingerprint density at radius 1 is 1.33 bits per heavy atom. The molecule has 4 heteroatoms. The summed E-state index contributed by atoms with van der Waals surface area (Å²) in [6.07, 6.45) is 1.10. The number of hydrogen-bond donors (Lipinski definition) is 1. The number of para-hydroxylation sites is 1. The zero-order valence-corrected chi connectivity index (χ0v) is 8.73. The largest absolute Gasteiger partial charge is 0.385 e. The third kappa shape index (κ3) is 5.02. The Bertz CT molecular complexity index is 287. The number of amides is 1. The standard InChI is InChI=1S/C11H15NO3/c1-14-9-5-8-11(13)12-15-10-6-3-2-4-7-10/h2-4,6-7H,5,8-9H2,1H3,(H,12,13). The second kappa shape index (κ2) is 6.84. The Morgan fingerprint density at radius 2 is 2.07 bits per heavy atom. The van der Waals surface area contributed by atoms with E-state index in [2.05, 4.69) is 5.48 Å². The minimum atomic E-state index is -0.143. The van der Waals surface area contributed by atoms with Crippen LogP contribution < -0.4 is 10.3 Å². The van der Waals surface area contributed by atoms with Crippen LogP contribution in [0.1, 0.15) is 12.8 Å². The maximum Gasteiger partial charge on any atom is 0.252 e. The molecule has 82 valence electrons. The van der Waals surface area contributed by atoms with E-state index in [4.69, 9.17) is 9.57 Å². The zero-order valence-electron chi connectivity index (χ0n) is 8.73. The van der Waals surface area contributed by atoms with E-state index in [0.29, 0.717) is 25.2 Å². The maximum absolute atomic E-state index is 11.2. The molecule has 0 heterocycles. The summed E-state index contributed by atoms with van der Waals surface area (Å²) in [4.78, 5) is 16.3. The van der Waals surface area contributed by atoms with Crippen molar-refractivity contribution >= 4 is 5.91 Å². The molecule has 15 heavy (non-hydrogen) atoms. The molecular formula is C11H15NO3. The Kier molecular flexibility index (Phi) is 5.25. The average molecular weight is 209 g/mol. The van der Waals surface area contributed by atoms with Gasteiger partial charge in [0, 0.05) is 20.1 Å². The first kappa shape index (κ1) is 11.5. The van der Waals surface area contributed by atoms with Crippen molar-refractivity contribution in [2.24, 2.45) is 0 Å². The minimum absolute atomic E-state index is 0.143. The lowest BCUT2D eigenvalue weighted by atomic mass is 10.3. The van der Waals surface area contributed by atoms with Gasteiger partial charge in [-0.1, -0.05) is 18.2 Å². The Labute approximate surface area is 89.1 Å². The van der Waals surface area contributed by atoms with E-state index in [9.17, 15) is 4.79 Å². The van der Waals surface area contributed by atoms with E-state index in [-0.39, 0.29) is 5.91 Å². The topological polar surface area (TPSA) is 47.6 Å². The molecular weight excluding hydrogens is 194 g/mol. The molecule has 1 aromatic carbocycles. The molecule has 1 N–H and O–H groups in total. The van der Waals surface area contributed by atoms with Crippen molar-refractivity contribution in [3.05, 3.63) is 30.3 Å². The highest BCUT2D eigenvalue weighted by atomic mass is 16.7. The van der Waals surface area contributed by atoms with Gasteiger partial charge in [-0.2, -0.15) is 5.48 Å². The minimum Gasteiger partial charge on any atom is -0.385 e. The van der Waals surface area contributed by atoms with E-state index in [1.54, 1.807) is 19.2 Å². The fraction of sp³-hybridized carbons (Fsp3) is 0.364. The molecule has 0 fully saturated rings. The molecule has 0 saturated heterocycles. The van der Waals surface area contributed by atoms with Gasteiger partial charge >= 0.3 is 0 Å². The highest BCUT2D eigenvalue weighted by Gasteiger charge is 2.00. The van der Waals surface area contributed by atoms with Crippen molar-refractivity contribution in [2.75, 3.05) is 13.7 Å². The fourth-order valence-electron chi connectivity index (χ4n) is 1.03. The van der Waals surface area contributed by atoms with Gasteiger partial charge in [0.1, 0.15) is 0 Å². The lowest BCUT2D eigenvalue weighted by molar-refractivity contribution is -0.127. The molecule has 0 saturated carbocycles. The number of benzene rings is 1. The first-order chi connectivity index (χ1) is 7.33. The summed E-state index contributed by atoms with van der Waals surface area (Å²) in [6.45, 7) is 0.582. The molecule has 1 aromatic rings. The van der Waals surface area contributed by atoms with Gasteiger partial charge < -0.3 is 9.57 Å². The molecule has 0 spiro atoms. The van der Waals surface area contributed by atoms with Gasteiger partial charge in [0.2, 0.25) is 0 Å². The van der Waals surface area contributed by atoms with Crippen molar-refractivity contribution in [3.63, 3.8) is 0 Å². The van der Waals surface area contributed by atoms with Crippen molar-refractivity contribution in [3.8, 4) is 5.75 Å². The predicted octanol–water partition coefficient (Wildman–Crippen LogP) is 1.52. The van der Waals surface area contributed by atoms with Gasteiger partial charge in [-0.05, 0) is 18.6 Å². The average Bonchev–Trinajstić information content (AvgIpc) is 2.28. The molecule has 4 nitrogen and oxygen atoms in total. The van der Waals surface area contributed by atoms with E-state index >= 15 is 0 Å². The number of carbonyl (C=O) groups excluding carboxylic acids is 1. The van der Waals surface area contributed by atoms with Crippen molar-refractivity contribution < 1.29 is 14.4 Å². The molecule has 0 radical (unpaired) electrons. The third-order valence-corrected chi connectivity index (χ3v) is 1.78. The first-order valence-electron chi connectivity index (χ1n) is 4.82. The van der Waals surface area contributed by atoms with E-state index in [1.807, 2.05) is 18.2 Å². The number of ether oxygens (including phenoxy) is 1. The number of methoxy groups -OCH3 is 1. The van der Waals surface area contributed by atoms with Crippen molar-refractivity contribution in [2.45, 2.75) is 12.8 Å². The van der Waals surface area contributed by atoms with Gasteiger partial charge in [-0.3, -0.25) is 4.79 Å². The van der Waals surface area contributed by atoms with Crippen LogP contribution in [0.5, 0.6) is 5.75 Å². The summed E-state index contributed by atoms with van der Waals surface area (Å²) in [5.74, 6) is 0.480. The lowest BCUT2D eigenvalue weighted by Crippen LogP contribution is -2.26. The summed E-state index contributed by atoms with van der Waals surface area (Å²) in [5.41, 5.74) is 2.36. The second-order valence-electron chi connectivity index (χ2n) is 3.04. The summed E-state index contributed by atoms with van der Waals surface area (Å²) in [7, 11) is 1.61. The van der Waals surface area contributed by atoms with Crippen LogP contribution in [-0.4, -0.2) is 19.6 Å². The molecule has 1 rings (SSSR count). The molecule has 0 aromatic heterocycles. The summed E-state index contributed by atoms with van der Waals surface area (Å²) < 4.78 is 4.83. The van der Waals surface area contributed by atoms with Crippen LogP contribution in [0.25, 0.3) is 0 Å². The fourth-order valence-corrected chi connectivity index (χ4v) is 1.03. The Morgan fingerprint density at radius 3 is 2.73 bits per heavy atom. The molecule has 0 aliphatic rings. The Hall–Kier alpha value is -1.55. The van der Waals surface area contributed by atoms with E-state index < -0.39 is 0 Å². The van der Waals surface area contributed by atoms with Crippen LogP contribution in [-0.2, 0) is 9.53 Å². The predicted molar refractivity (Wildman–Crippen MR) is 56.3 cm³/mol. The van der Waals surface area contributed by atoms with Crippen LogP contribution in [0.4, 0.5) is 0 Å². The molecule has 1 amide bonds. The van der Waals surface area contributed by atoms with Gasteiger partial charge in [0.25, 0.3) is 5.91 Å². The third-order valence-electron chi connectivity index (χ3n) is 1.78. The molecule has 0 aliphatic carbocycles. The number of hydrogen-bond acceptors (Lipinski definition) is 3. The summed E-state index contributed by atoms with van der Waals surface area (Å²) in [6, 6.07) is 9.11. The highest BCUT2D eigenvalue weighted by Crippen LogP contribution is 2.06. The zero-order chi connectivity index (χ0) is 10.9. The summed E-state index contributed by atoms with van der Waals surface area (Å²) in [5, 5.41) is 0. The normalized spacial score (nSPS) is 9.67. The van der Waals surface area contributed by atoms with Gasteiger partial charge in [0.05, 0.1) is 0 Å². The molecule has 0 unspecified atom stereocenters. The summed E-state index contributed by atoms with van der Waals surface area (Å²) >= 11 is 0. The molecule has 0 atom stereocenters. The van der Waals surface area contributed by atoms with Crippen LogP contribution in [0.15, 0.2) is 30.3 Å². The number of carbonyl (C=O) groups is 1. The number of rotatable bonds is 6. The quantitative estimate of drug-likeness (QED) is 0.571. The van der Waals surface area contributed by atoms with Crippen LogP contribution in [0.2, 0.25) is 0 Å². The van der Waals surface area contributed by atoms with E-state index in [1.165, 1.54) is 0 Å². The smallest absolute Gasteiger partial charge is 0.252 e. The number of nitrogens with one attached hydrogen (secondary N) is 1. The molecule has 0 bridgehead atoms. The van der Waals surface area contributed by atoms with Crippen molar-refractivity contribution in [1.29, 1.82) is 0 Å². The van der Waals surface area contributed by atoms with Gasteiger partial charge in [-0.15, -0.1) is 0 Å². The highest BCUT2D eigenvalue weighted by molar-refractivity contribution is 5.74. The first-order valence-corrected chi connectivity index (χ1v) is 4.82. The monoisotopic (exact) mass is 209 g/mol. The molecule has 0 aliphatic heterocycles. The van der Waals surface area contributed by atoms with Gasteiger partial charge in [-0.25, -0.2) is 0 Å². The van der Waals surface area contributed by atoms with E-state index in [0.717, 1.165) is 0 Å². The maximum atomic E-state index is 11.2. The van der Waals surface area contributed by atoms with Crippen molar-refractivity contribution in [1.82, 2.24) is 5.48 Å². The number of hydroxylamine groups is 1.